The van der Waals surface area contributed by atoms with Crippen LogP contribution in [0.25, 0.3) is 11.1 Å². The van der Waals surface area contributed by atoms with Crippen molar-refractivity contribution in [2.24, 2.45) is 0 Å². The van der Waals surface area contributed by atoms with Gasteiger partial charge in [0.2, 0.25) is 0 Å². The van der Waals surface area contributed by atoms with Crippen molar-refractivity contribution < 1.29 is 14.3 Å². The largest absolute Gasteiger partial charge is 0.381 e. The van der Waals surface area contributed by atoms with Gasteiger partial charge in [0, 0.05) is 18.3 Å². The highest BCUT2D eigenvalue weighted by Crippen LogP contribution is 2.28. The van der Waals surface area contributed by atoms with Gasteiger partial charge in [0.1, 0.15) is 11.4 Å². The zero-order valence-corrected chi connectivity index (χ0v) is 18.0. The molecule has 1 heterocycles. The van der Waals surface area contributed by atoms with E-state index in [1.54, 1.807) is 31.9 Å². The Balaban J connectivity index is 1.85. The van der Waals surface area contributed by atoms with Crippen molar-refractivity contribution in [1.82, 2.24) is 9.62 Å². The standard InChI is InChI=1S/C23H29FN2O2S/c1-4-29-25-20-11-12-26(22(27)23(2,3)28)21(20)14-16-7-5-8-17(13-16)18-9-6-10-19(24)15-18/h5-10,13,15,20-21,25,28H,4,11-12,14H2,1-3H3. The first kappa shape index (κ1) is 21.8. The number of nitrogens with one attached hydrogen (secondary N) is 1. The molecule has 2 aromatic rings. The van der Waals surface area contributed by atoms with Crippen LogP contribution in [0.5, 0.6) is 0 Å². The first-order valence-electron chi connectivity index (χ1n) is 10.0. The molecule has 3 rings (SSSR count). The molecule has 1 saturated heterocycles. The van der Waals surface area contributed by atoms with E-state index in [4.69, 9.17) is 0 Å². The molecular weight excluding hydrogens is 387 g/mol. The molecule has 0 aliphatic carbocycles. The van der Waals surface area contributed by atoms with Crippen LogP contribution in [-0.4, -0.2) is 45.9 Å². The third kappa shape index (κ3) is 5.38. The van der Waals surface area contributed by atoms with Crippen LogP contribution in [0.1, 0.15) is 32.8 Å². The molecule has 4 nitrogen and oxygen atoms in total. The lowest BCUT2D eigenvalue weighted by molar-refractivity contribution is -0.148. The van der Waals surface area contributed by atoms with Crippen LogP contribution in [-0.2, 0) is 11.2 Å². The Labute approximate surface area is 176 Å². The first-order valence-corrected chi connectivity index (χ1v) is 11.0. The zero-order chi connectivity index (χ0) is 21.0. The number of rotatable bonds is 7. The van der Waals surface area contributed by atoms with Gasteiger partial charge in [-0.25, -0.2) is 4.39 Å². The van der Waals surface area contributed by atoms with Crippen LogP contribution >= 0.6 is 11.9 Å². The van der Waals surface area contributed by atoms with E-state index in [1.807, 2.05) is 29.2 Å². The molecule has 1 aliphatic heterocycles. The molecule has 0 spiro atoms. The maximum Gasteiger partial charge on any atom is 0.254 e. The van der Waals surface area contributed by atoms with Gasteiger partial charge in [-0.05, 0) is 55.5 Å². The van der Waals surface area contributed by atoms with E-state index in [2.05, 4.69) is 17.7 Å². The number of likely N-dealkylation sites (tertiary alicyclic amines) is 1. The molecule has 2 N–H and O–H groups in total. The molecule has 156 valence electrons. The molecule has 6 heteroatoms. The number of halogens is 1. The van der Waals surface area contributed by atoms with Crippen LogP contribution in [0.2, 0.25) is 0 Å². The summed E-state index contributed by atoms with van der Waals surface area (Å²) in [6.07, 6.45) is 1.52. The summed E-state index contributed by atoms with van der Waals surface area (Å²) in [5.41, 5.74) is 1.47. The second-order valence-corrected chi connectivity index (χ2v) is 9.09. The Morgan fingerprint density at radius 1 is 1.24 bits per heavy atom. The Bertz CT molecular complexity index is 853. The van der Waals surface area contributed by atoms with E-state index < -0.39 is 5.60 Å². The van der Waals surface area contributed by atoms with E-state index in [0.717, 1.165) is 28.9 Å². The second kappa shape index (κ2) is 9.28. The quantitative estimate of drug-likeness (QED) is 0.669. The second-order valence-electron chi connectivity index (χ2n) is 7.99. The predicted octanol–water partition coefficient (Wildman–Crippen LogP) is 4.03. The minimum atomic E-state index is -1.39. The van der Waals surface area contributed by atoms with Crippen LogP contribution < -0.4 is 4.72 Å². The summed E-state index contributed by atoms with van der Waals surface area (Å²) >= 11 is 1.65. The zero-order valence-electron chi connectivity index (χ0n) is 17.2. The molecule has 0 bridgehead atoms. The molecule has 2 aromatic carbocycles. The van der Waals surface area contributed by atoms with E-state index in [0.29, 0.717) is 13.0 Å². The Kier molecular flexibility index (Phi) is 6.98. The maximum atomic E-state index is 13.6. The van der Waals surface area contributed by atoms with Crippen molar-refractivity contribution in [3.63, 3.8) is 0 Å². The summed E-state index contributed by atoms with van der Waals surface area (Å²) in [6.45, 7) is 5.79. The number of nitrogens with zero attached hydrogens (tertiary/aromatic N) is 1. The number of hydrogen-bond donors (Lipinski definition) is 2. The molecule has 0 aromatic heterocycles. The van der Waals surface area contributed by atoms with E-state index in [1.165, 1.54) is 12.1 Å². The molecule has 2 unspecified atom stereocenters. The summed E-state index contributed by atoms with van der Waals surface area (Å²) < 4.78 is 17.1. The van der Waals surface area contributed by atoms with Gasteiger partial charge in [0.05, 0.1) is 6.04 Å². The van der Waals surface area contributed by atoms with Gasteiger partial charge in [-0.2, -0.15) is 0 Å². The third-order valence-electron chi connectivity index (χ3n) is 5.24. The lowest BCUT2D eigenvalue weighted by Crippen LogP contribution is -2.51. The highest BCUT2D eigenvalue weighted by atomic mass is 32.2. The lowest BCUT2D eigenvalue weighted by Gasteiger charge is -2.32. The highest BCUT2D eigenvalue weighted by Gasteiger charge is 2.41. The molecule has 2 atom stereocenters. The fraction of sp³-hybridized carbons (Fsp3) is 0.435. The average molecular weight is 417 g/mol. The van der Waals surface area contributed by atoms with Gasteiger partial charge in [-0.15, -0.1) is 0 Å². The Morgan fingerprint density at radius 3 is 2.59 bits per heavy atom. The van der Waals surface area contributed by atoms with E-state index >= 15 is 0 Å². The molecular formula is C23H29FN2O2S. The lowest BCUT2D eigenvalue weighted by atomic mass is 9.96. The minimum Gasteiger partial charge on any atom is -0.381 e. The summed E-state index contributed by atoms with van der Waals surface area (Å²) in [5, 5.41) is 10.3. The monoisotopic (exact) mass is 416 g/mol. The number of carbonyl (C=O) groups excluding carboxylic acids is 1. The van der Waals surface area contributed by atoms with Gasteiger partial charge >= 0.3 is 0 Å². The maximum absolute atomic E-state index is 13.6. The van der Waals surface area contributed by atoms with Crippen molar-refractivity contribution in [2.45, 2.75) is 51.3 Å². The van der Waals surface area contributed by atoms with Crippen molar-refractivity contribution >= 4 is 17.9 Å². The smallest absolute Gasteiger partial charge is 0.254 e. The third-order valence-corrected chi connectivity index (χ3v) is 6.00. The summed E-state index contributed by atoms with van der Waals surface area (Å²) in [6, 6.07) is 14.7. The summed E-state index contributed by atoms with van der Waals surface area (Å²) in [7, 11) is 0. The molecule has 0 radical (unpaired) electrons. The van der Waals surface area contributed by atoms with Crippen molar-refractivity contribution in [2.75, 3.05) is 12.3 Å². The average Bonchev–Trinajstić information content (AvgIpc) is 3.07. The summed E-state index contributed by atoms with van der Waals surface area (Å²) in [5.74, 6) is 0.443. The van der Waals surface area contributed by atoms with Gasteiger partial charge < -0.3 is 10.0 Å². The van der Waals surface area contributed by atoms with Crippen LogP contribution in [0.4, 0.5) is 4.39 Å². The molecule has 29 heavy (non-hydrogen) atoms. The van der Waals surface area contributed by atoms with Gasteiger partial charge in [-0.1, -0.05) is 55.3 Å². The highest BCUT2D eigenvalue weighted by molar-refractivity contribution is 7.97. The Hall–Kier alpha value is -1.89. The van der Waals surface area contributed by atoms with E-state index in [9.17, 15) is 14.3 Å². The van der Waals surface area contributed by atoms with Crippen LogP contribution in [0.15, 0.2) is 48.5 Å². The topological polar surface area (TPSA) is 52.6 Å². The van der Waals surface area contributed by atoms with Gasteiger partial charge in [-0.3, -0.25) is 9.52 Å². The predicted molar refractivity (Wildman–Crippen MR) is 117 cm³/mol. The van der Waals surface area contributed by atoms with Crippen LogP contribution in [0.3, 0.4) is 0 Å². The normalized spacial score (nSPS) is 19.6. The minimum absolute atomic E-state index is 0.0456. The van der Waals surface area contributed by atoms with Gasteiger partial charge in [0.15, 0.2) is 0 Å². The molecule has 1 aliphatic rings. The van der Waals surface area contributed by atoms with Crippen molar-refractivity contribution in [3.8, 4) is 11.1 Å². The number of amides is 1. The Morgan fingerprint density at radius 2 is 1.93 bits per heavy atom. The fourth-order valence-electron chi connectivity index (χ4n) is 3.82. The number of aliphatic hydroxyl groups is 1. The number of benzene rings is 2. The van der Waals surface area contributed by atoms with Crippen molar-refractivity contribution in [3.05, 3.63) is 59.9 Å². The van der Waals surface area contributed by atoms with Crippen molar-refractivity contribution in [1.29, 1.82) is 0 Å². The number of carbonyl (C=O) groups is 1. The first-order chi connectivity index (χ1) is 13.8. The van der Waals surface area contributed by atoms with Crippen LogP contribution in [0, 0.1) is 5.82 Å². The SMILES string of the molecule is CCSNC1CCN(C(=O)C(C)(C)O)C1Cc1cccc(-c2cccc(F)c2)c1. The number of hydrogen-bond acceptors (Lipinski definition) is 4. The molecule has 1 fully saturated rings. The van der Waals surface area contributed by atoms with Gasteiger partial charge in [0.25, 0.3) is 5.91 Å². The molecule has 0 saturated carbocycles. The van der Waals surface area contributed by atoms with E-state index in [-0.39, 0.29) is 23.8 Å². The fourth-order valence-corrected chi connectivity index (χ4v) is 4.48. The molecule has 1 amide bonds. The summed E-state index contributed by atoms with van der Waals surface area (Å²) in [4.78, 5) is 14.6.